The summed E-state index contributed by atoms with van der Waals surface area (Å²) in [5.41, 5.74) is 1.82. The normalized spacial score (nSPS) is 16.8. The minimum atomic E-state index is -0.00124. The highest BCUT2D eigenvalue weighted by molar-refractivity contribution is 6.18. The van der Waals surface area contributed by atoms with Crippen molar-refractivity contribution in [1.82, 2.24) is 14.7 Å². The molecule has 0 unspecified atom stereocenters. The number of fused-ring (bicyclic) bond motifs is 2. The minimum absolute atomic E-state index is 0.00124. The second kappa shape index (κ2) is 4.44. The first kappa shape index (κ1) is 12.1. The van der Waals surface area contributed by atoms with Gasteiger partial charge in [0.15, 0.2) is 0 Å². The van der Waals surface area contributed by atoms with Gasteiger partial charge in [-0.25, -0.2) is 0 Å². The van der Waals surface area contributed by atoms with Crippen LogP contribution in [0.15, 0.2) is 41.5 Å². The largest absolute Gasteiger partial charge is 0.292 e. The Hall–Kier alpha value is -2.63. The number of aliphatic imine (C=N–C) groups is 1. The van der Waals surface area contributed by atoms with Crippen molar-refractivity contribution in [2.24, 2.45) is 12.0 Å². The van der Waals surface area contributed by atoms with E-state index in [0.29, 0.717) is 25.2 Å². The van der Waals surface area contributed by atoms with E-state index in [1.807, 2.05) is 25.2 Å². The van der Waals surface area contributed by atoms with Gasteiger partial charge in [-0.1, -0.05) is 30.3 Å². The van der Waals surface area contributed by atoms with Crippen LogP contribution in [0.1, 0.15) is 15.9 Å². The number of guanidine groups is 1. The van der Waals surface area contributed by atoms with Crippen LogP contribution in [-0.4, -0.2) is 39.6 Å². The molecule has 0 radical (unpaired) electrons. The predicted molar refractivity (Wildman–Crippen MR) is 79.2 cm³/mol. The summed E-state index contributed by atoms with van der Waals surface area (Å²) < 4.78 is 1.74. The lowest BCUT2D eigenvalue weighted by atomic mass is 10.1. The molecule has 4 rings (SSSR count). The van der Waals surface area contributed by atoms with Crippen molar-refractivity contribution in [3.63, 3.8) is 0 Å². The number of carbonyl (C=O) groups excluding carboxylic acids is 1. The number of aromatic nitrogens is 2. The number of benzene rings is 1. The highest BCUT2D eigenvalue weighted by atomic mass is 16.2. The summed E-state index contributed by atoms with van der Waals surface area (Å²) in [6.45, 7) is 1.98. The van der Waals surface area contributed by atoms with Gasteiger partial charge in [0.25, 0.3) is 5.91 Å². The Morgan fingerprint density at radius 3 is 2.86 bits per heavy atom. The van der Waals surface area contributed by atoms with Gasteiger partial charge in [0.1, 0.15) is 11.4 Å². The molecule has 2 aromatic rings. The Morgan fingerprint density at radius 2 is 2.05 bits per heavy atom. The number of rotatable bonds is 2. The molecule has 0 aliphatic carbocycles. The monoisotopic (exact) mass is 281 g/mol. The van der Waals surface area contributed by atoms with Crippen LogP contribution < -0.4 is 4.90 Å². The van der Waals surface area contributed by atoms with Gasteiger partial charge in [0.05, 0.1) is 19.3 Å². The van der Waals surface area contributed by atoms with Gasteiger partial charge in [0, 0.05) is 13.6 Å². The zero-order valence-electron chi connectivity index (χ0n) is 11.7. The van der Waals surface area contributed by atoms with E-state index >= 15 is 0 Å². The third-order valence-electron chi connectivity index (χ3n) is 3.88. The van der Waals surface area contributed by atoms with E-state index in [1.54, 1.807) is 15.8 Å². The van der Waals surface area contributed by atoms with Crippen LogP contribution in [0.25, 0.3) is 0 Å². The molecule has 1 aromatic carbocycles. The van der Waals surface area contributed by atoms with Gasteiger partial charge in [-0.2, -0.15) is 5.10 Å². The number of anilines is 1. The number of hydrogen-bond donors (Lipinski definition) is 0. The van der Waals surface area contributed by atoms with Crippen molar-refractivity contribution in [2.45, 2.75) is 6.54 Å². The Kier molecular flexibility index (Phi) is 2.57. The first-order chi connectivity index (χ1) is 10.3. The Balaban J connectivity index is 1.82. The molecule has 0 bridgehead atoms. The van der Waals surface area contributed by atoms with E-state index in [-0.39, 0.29) is 5.91 Å². The molecule has 0 spiro atoms. The van der Waals surface area contributed by atoms with Crippen LogP contribution >= 0.6 is 0 Å². The molecule has 6 nitrogen and oxygen atoms in total. The summed E-state index contributed by atoms with van der Waals surface area (Å²) in [4.78, 5) is 20.8. The lowest BCUT2D eigenvalue weighted by Crippen LogP contribution is -2.49. The molecule has 3 heterocycles. The summed E-state index contributed by atoms with van der Waals surface area (Å²) >= 11 is 0. The van der Waals surface area contributed by atoms with Gasteiger partial charge in [-0.05, 0) is 5.56 Å². The lowest BCUT2D eigenvalue weighted by Gasteiger charge is -2.34. The van der Waals surface area contributed by atoms with E-state index in [2.05, 4.69) is 27.1 Å². The highest BCUT2D eigenvalue weighted by Gasteiger charge is 2.39. The van der Waals surface area contributed by atoms with Crippen LogP contribution in [0, 0.1) is 0 Å². The van der Waals surface area contributed by atoms with E-state index in [1.165, 1.54) is 5.56 Å². The second-order valence-electron chi connectivity index (χ2n) is 5.22. The summed E-state index contributed by atoms with van der Waals surface area (Å²) in [7, 11) is 1.86. The maximum Gasteiger partial charge on any atom is 0.266 e. The lowest BCUT2D eigenvalue weighted by molar-refractivity contribution is 0.0851. The van der Waals surface area contributed by atoms with E-state index in [9.17, 15) is 4.79 Å². The molecule has 0 atom stereocenters. The van der Waals surface area contributed by atoms with Gasteiger partial charge < -0.3 is 0 Å². The standard InChI is InChI=1S/C15H15N5O/c1-18-13-12(9-17-18)14(21)19-8-7-16-15(19)20(13)10-11-5-3-2-4-6-11/h2-6,9H,7-8,10H2,1H3. The first-order valence-corrected chi connectivity index (χ1v) is 6.95. The van der Waals surface area contributed by atoms with Crippen molar-refractivity contribution in [1.29, 1.82) is 0 Å². The number of amides is 1. The van der Waals surface area contributed by atoms with E-state index in [4.69, 9.17) is 0 Å². The SMILES string of the molecule is Cn1ncc2c1N(Cc1ccccc1)C1=NCCN1C2=O. The molecule has 106 valence electrons. The fraction of sp³-hybridized carbons (Fsp3) is 0.267. The summed E-state index contributed by atoms with van der Waals surface area (Å²) in [5.74, 6) is 1.55. The zero-order chi connectivity index (χ0) is 14.4. The fourth-order valence-electron chi connectivity index (χ4n) is 2.91. The molecule has 0 N–H and O–H groups in total. The molecule has 21 heavy (non-hydrogen) atoms. The smallest absolute Gasteiger partial charge is 0.266 e. The maximum absolute atomic E-state index is 12.5. The number of hydrogen-bond acceptors (Lipinski definition) is 4. The average molecular weight is 281 g/mol. The predicted octanol–water partition coefficient (Wildman–Crippen LogP) is 1.25. The first-order valence-electron chi connectivity index (χ1n) is 6.95. The summed E-state index contributed by atoms with van der Waals surface area (Å²) in [5, 5.41) is 4.24. The Bertz CT molecular complexity index is 734. The molecule has 0 saturated carbocycles. The molecule has 0 saturated heterocycles. The molecule has 0 fully saturated rings. The minimum Gasteiger partial charge on any atom is -0.292 e. The molecule has 2 aliphatic heterocycles. The van der Waals surface area contributed by atoms with Crippen molar-refractivity contribution in [3.05, 3.63) is 47.7 Å². The molecule has 6 heteroatoms. The van der Waals surface area contributed by atoms with Crippen LogP contribution in [0.5, 0.6) is 0 Å². The average Bonchev–Trinajstić information content (AvgIpc) is 3.12. The summed E-state index contributed by atoms with van der Waals surface area (Å²) in [6.07, 6.45) is 1.64. The summed E-state index contributed by atoms with van der Waals surface area (Å²) in [6, 6.07) is 10.2. The third-order valence-corrected chi connectivity index (χ3v) is 3.88. The number of nitrogens with zero attached hydrogens (tertiary/aromatic N) is 5. The topological polar surface area (TPSA) is 53.7 Å². The van der Waals surface area contributed by atoms with Gasteiger partial charge in [-0.3, -0.25) is 24.3 Å². The molecule has 2 aliphatic rings. The van der Waals surface area contributed by atoms with Crippen LogP contribution in [0.2, 0.25) is 0 Å². The Morgan fingerprint density at radius 1 is 1.24 bits per heavy atom. The Labute approximate surface area is 122 Å². The number of aryl methyl sites for hydroxylation is 1. The molecule has 1 amide bonds. The van der Waals surface area contributed by atoms with Gasteiger partial charge in [0.2, 0.25) is 5.96 Å². The van der Waals surface area contributed by atoms with Gasteiger partial charge in [-0.15, -0.1) is 0 Å². The highest BCUT2D eigenvalue weighted by Crippen LogP contribution is 2.30. The van der Waals surface area contributed by atoms with Crippen molar-refractivity contribution < 1.29 is 4.79 Å². The van der Waals surface area contributed by atoms with E-state index in [0.717, 1.165) is 11.8 Å². The fourth-order valence-corrected chi connectivity index (χ4v) is 2.91. The maximum atomic E-state index is 12.5. The quantitative estimate of drug-likeness (QED) is 0.832. The molecule has 1 aromatic heterocycles. The zero-order valence-corrected chi connectivity index (χ0v) is 11.7. The van der Waals surface area contributed by atoms with Crippen molar-refractivity contribution in [3.8, 4) is 0 Å². The molecular formula is C15H15N5O. The van der Waals surface area contributed by atoms with Gasteiger partial charge >= 0.3 is 0 Å². The van der Waals surface area contributed by atoms with Crippen LogP contribution in [-0.2, 0) is 13.6 Å². The van der Waals surface area contributed by atoms with Crippen LogP contribution in [0.4, 0.5) is 5.82 Å². The van der Waals surface area contributed by atoms with E-state index < -0.39 is 0 Å². The molecular weight excluding hydrogens is 266 g/mol. The van der Waals surface area contributed by atoms with Crippen molar-refractivity contribution in [2.75, 3.05) is 18.0 Å². The number of carbonyl (C=O) groups is 1. The van der Waals surface area contributed by atoms with Crippen molar-refractivity contribution >= 4 is 17.7 Å². The van der Waals surface area contributed by atoms with Crippen LogP contribution in [0.3, 0.4) is 0 Å². The second-order valence-corrected chi connectivity index (χ2v) is 5.22. The third kappa shape index (κ3) is 1.75.